The lowest BCUT2D eigenvalue weighted by Gasteiger charge is -2.34. The SMILES string of the molecule is Cc1ccccc1N(CC(=O)N(Cc1ccccc1)[C@H](Cc1ccccc1)C(=O)NCC(C)C)S(=O)(=O)c1ccc(Cl)cc1. The van der Waals surface area contributed by atoms with Crippen molar-refractivity contribution in [1.29, 1.82) is 0 Å². The number of carbonyl (C=O) groups excluding carboxylic acids is 2. The summed E-state index contributed by atoms with van der Waals surface area (Å²) in [5, 5.41) is 3.40. The number of anilines is 1. The van der Waals surface area contributed by atoms with Gasteiger partial charge in [-0.2, -0.15) is 0 Å². The third-order valence-electron chi connectivity index (χ3n) is 7.22. The maximum Gasteiger partial charge on any atom is 0.264 e. The molecule has 1 N–H and O–H groups in total. The zero-order valence-corrected chi connectivity index (χ0v) is 26.8. The van der Waals surface area contributed by atoms with E-state index in [0.29, 0.717) is 22.8 Å². The fourth-order valence-electron chi connectivity index (χ4n) is 4.85. The molecule has 0 fully saturated rings. The fraction of sp³-hybridized carbons (Fsp3) is 0.257. The molecule has 0 aromatic heterocycles. The lowest BCUT2D eigenvalue weighted by atomic mass is 10.0. The second-order valence-corrected chi connectivity index (χ2v) is 13.4. The number of rotatable bonds is 13. The van der Waals surface area contributed by atoms with E-state index in [-0.39, 0.29) is 29.7 Å². The van der Waals surface area contributed by atoms with Crippen molar-refractivity contribution in [3.8, 4) is 0 Å². The van der Waals surface area contributed by atoms with Crippen LogP contribution in [-0.2, 0) is 32.6 Å². The number of benzene rings is 4. The maximum absolute atomic E-state index is 14.5. The van der Waals surface area contributed by atoms with Crippen LogP contribution in [0.2, 0.25) is 5.02 Å². The number of sulfonamides is 1. The van der Waals surface area contributed by atoms with E-state index in [2.05, 4.69) is 5.32 Å². The number of aryl methyl sites for hydroxylation is 1. The van der Waals surface area contributed by atoms with Crippen molar-refractivity contribution >= 4 is 39.1 Å². The Hall–Kier alpha value is -4.14. The smallest absolute Gasteiger partial charge is 0.264 e. The number of carbonyl (C=O) groups is 2. The average molecular weight is 632 g/mol. The first-order chi connectivity index (χ1) is 21.1. The normalized spacial score (nSPS) is 12.0. The molecule has 0 bridgehead atoms. The van der Waals surface area contributed by atoms with Crippen LogP contribution in [0.5, 0.6) is 0 Å². The zero-order valence-electron chi connectivity index (χ0n) is 25.2. The molecule has 0 aliphatic rings. The number of nitrogens with one attached hydrogen (secondary N) is 1. The third kappa shape index (κ3) is 8.49. The number of para-hydroxylation sites is 1. The minimum Gasteiger partial charge on any atom is -0.354 e. The van der Waals surface area contributed by atoms with Gasteiger partial charge in [0, 0.05) is 24.5 Å². The molecule has 2 amide bonds. The van der Waals surface area contributed by atoms with Gasteiger partial charge < -0.3 is 10.2 Å². The minimum atomic E-state index is -4.19. The first-order valence-electron chi connectivity index (χ1n) is 14.5. The molecule has 4 aromatic rings. The standard InChI is InChI=1S/C35H38ClN3O4S/c1-26(2)23-37-35(41)33(22-28-13-6-4-7-14-28)38(24-29-15-8-5-9-16-29)34(40)25-39(32-17-11-10-12-27(32)3)44(42,43)31-20-18-30(36)19-21-31/h4-21,26,33H,22-25H2,1-3H3,(H,37,41)/t33-/m1/s1. The van der Waals surface area contributed by atoms with Gasteiger partial charge in [-0.05, 0) is 59.9 Å². The van der Waals surface area contributed by atoms with Crippen molar-refractivity contribution in [3.63, 3.8) is 0 Å². The van der Waals surface area contributed by atoms with Crippen LogP contribution < -0.4 is 9.62 Å². The Kier molecular flexibility index (Phi) is 11.2. The van der Waals surface area contributed by atoms with Crippen molar-refractivity contribution < 1.29 is 18.0 Å². The molecule has 4 rings (SSSR count). The molecular formula is C35H38ClN3O4S. The first kappa shape index (κ1) is 32.8. The number of hydrogen-bond donors (Lipinski definition) is 1. The zero-order chi connectivity index (χ0) is 31.7. The third-order valence-corrected chi connectivity index (χ3v) is 9.24. The molecule has 0 saturated carbocycles. The van der Waals surface area contributed by atoms with E-state index < -0.39 is 28.5 Å². The van der Waals surface area contributed by atoms with Gasteiger partial charge in [0.15, 0.2) is 0 Å². The molecule has 0 heterocycles. The molecule has 0 radical (unpaired) electrons. The van der Waals surface area contributed by atoms with E-state index >= 15 is 0 Å². The fourth-order valence-corrected chi connectivity index (χ4v) is 6.45. The summed E-state index contributed by atoms with van der Waals surface area (Å²) in [6.07, 6.45) is 0.262. The predicted octanol–water partition coefficient (Wildman–Crippen LogP) is 6.26. The van der Waals surface area contributed by atoms with Gasteiger partial charge in [-0.15, -0.1) is 0 Å². The van der Waals surface area contributed by atoms with Crippen LogP contribution in [0, 0.1) is 12.8 Å². The molecule has 0 spiro atoms. The van der Waals surface area contributed by atoms with Crippen LogP contribution in [0.1, 0.15) is 30.5 Å². The van der Waals surface area contributed by atoms with Gasteiger partial charge in [0.2, 0.25) is 11.8 Å². The monoisotopic (exact) mass is 631 g/mol. The van der Waals surface area contributed by atoms with Crippen LogP contribution >= 0.6 is 11.6 Å². The first-order valence-corrected chi connectivity index (χ1v) is 16.4. The van der Waals surface area contributed by atoms with Crippen molar-refractivity contribution in [3.05, 3.63) is 131 Å². The van der Waals surface area contributed by atoms with Crippen molar-refractivity contribution in [2.24, 2.45) is 5.92 Å². The summed E-state index contributed by atoms with van der Waals surface area (Å²) in [4.78, 5) is 29.8. The molecular weight excluding hydrogens is 594 g/mol. The highest BCUT2D eigenvalue weighted by Gasteiger charge is 2.35. The summed E-state index contributed by atoms with van der Waals surface area (Å²) in [7, 11) is -4.19. The summed E-state index contributed by atoms with van der Waals surface area (Å²) in [6.45, 7) is 5.85. The highest BCUT2D eigenvalue weighted by molar-refractivity contribution is 7.92. The number of nitrogens with zero attached hydrogens (tertiary/aromatic N) is 2. The van der Waals surface area contributed by atoms with Crippen LogP contribution in [0.4, 0.5) is 5.69 Å². The van der Waals surface area contributed by atoms with Crippen molar-refractivity contribution in [2.45, 2.75) is 44.7 Å². The molecule has 230 valence electrons. The molecule has 1 atom stereocenters. The largest absolute Gasteiger partial charge is 0.354 e. The Morgan fingerprint density at radius 2 is 1.36 bits per heavy atom. The molecule has 7 nitrogen and oxygen atoms in total. The average Bonchev–Trinajstić information content (AvgIpc) is 3.02. The van der Waals surface area contributed by atoms with Crippen molar-refractivity contribution in [1.82, 2.24) is 10.2 Å². The Balaban J connectivity index is 1.79. The Labute approximate surface area is 265 Å². The lowest BCUT2D eigenvalue weighted by molar-refractivity contribution is -0.140. The minimum absolute atomic E-state index is 0.00285. The number of halogens is 1. The molecule has 0 aliphatic heterocycles. The van der Waals surface area contributed by atoms with Gasteiger partial charge in [-0.25, -0.2) is 8.42 Å². The van der Waals surface area contributed by atoms with Gasteiger partial charge in [-0.1, -0.05) is 104 Å². The van der Waals surface area contributed by atoms with E-state index in [9.17, 15) is 18.0 Å². The molecule has 44 heavy (non-hydrogen) atoms. The molecule has 0 unspecified atom stereocenters. The Bertz CT molecular complexity index is 1650. The topological polar surface area (TPSA) is 86.8 Å². The van der Waals surface area contributed by atoms with Gasteiger partial charge in [0.1, 0.15) is 12.6 Å². The Morgan fingerprint density at radius 3 is 1.95 bits per heavy atom. The van der Waals surface area contributed by atoms with Gasteiger partial charge >= 0.3 is 0 Å². The van der Waals surface area contributed by atoms with Gasteiger partial charge in [0.25, 0.3) is 10.0 Å². The molecule has 0 saturated heterocycles. The van der Waals surface area contributed by atoms with E-state index in [4.69, 9.17) is 11.6 Å². The molecule has 0 aliphatic carbocycles. The number of amides is 2. The summed E-state index contributed by atoms with van der Waals surface area (Å²) >= 11 is 6.06. The lowest BCUT2D eigenvalue weighted by Crippen LogP contribution is -2.53. The highest BCUT2D eigenvalue weighted by atomic mass is 35.5. The van der Waals surface area contributed by atoms with Crippen molar-refractivity contribution in [2.75, 3.05) is 17.4 Å². The molecule has 4 aromatic carbocycles. The second-order valence-electron chi connectivity index (χ2n) is 11.1. The van der Waals surface area contributed by atoms with E-state index in [1.54, 1.807) is 25.1 Å². The van der Waals surface area contributed by atoms with E-state index in [1.807, 2.05) is 80.6 Å². The van der Waals surface area contributed by atoms with Crippen LogP contribution in [0.25, 0.3) is 0 Å². The highest BCUT2D eigenvalue weighted by Crippen LogP contribution is 2.28. The summed E-state index contributed by atoms with van der Waals surface area (Å²) < 4.78 is 29.4. The summed E-state index contributed by atoms with van der Waals surface area (Å²) in [5.74, 6) is -0.597. The second kappa shape index (κ2) is 15.0. The Morgan fingerprint density at radius 1 is 0.795 bits per heavy atom. The maximum atomic E-state index is 14.5. The summed E-state index contributed by atoms with van der Waals surface area (Å²) in [5.41, 5.74) is 2.76. The molecule has 9 heteroatoms. The summed E-state index contributed by atoms with van der Waals surface area (Å²) in [6, 6.07) is 30.9. The van der Waals surface area contributed by atoms with Gasteiger partial charge in [0.05, 0.1) is 10.6 Å². The predicted molar refractivity (Wildman–Crippen MR) is 176 cm³/mol. The van der Waals surface area contributed by atoms with Crippen LogP contribution in [-0.4, -0.2) is 44.3 Å². The number of hydrogen-bond acceptors (Lipinski definition) is 4. The van der Waals surface area contributed by atoms with Crippen LogP contribution in [0.15, 0.2) is 114 Å². The quantitative estimate of drug-likeness (QED) is 0.189. The van der Waals surface area contributed by atoms with E-state index in [1.165, 1.54) is 29.2 Å². The van der Waals surface area contributed by atoms with Gasteiger partial charge in [-0.3, -0.25) is 13.9 Å². The van der Waals surface area contributed by atoms with E-state index in [0.717, 1.165) is 15.4 Å². The van der Waals surface area contributed by atoms with Crippen LogP contribution in [0.3, 0.4) is 0 Å².